The number of hydrogen-bond acceptors (Lipinski definition) is 3. The van der Waals surface area contributed by atoms with E-state index in [1.165, 1.54) is 6.42 Å². The first-order valence-electron chi connectivity index (χ1n) is 6.85. The molecule has 2 aliphatic rings. The van der Waals surface area contributed by atoms with Crippen LogP contribution in [0.1, 0.15) is 32.1 Å². The Kier molecular flexibility index (Phi) is 4.80. The summed E-state index contributed by atoms with van der Waals surface area (Å²) >= 11 is 0. The lowest BCUT2D eigenvalue weighted by molar-refractivity contribution is -0.143. The molecule has 2 atom stereocenters. The first kappa shape index (κ1) is 12.8. The number of nitrogens with one attached hydrogen (secondary N) is 1. The highest BCUT2D eigenvalue weighted by molar-refractivity contribution is 5.79. The molecule has 0 aromatic rings. The van der Waals surface area contributed by atoms with Gasteiger partial charge in [0.25, 0.3) is 0 Å². The highest BCUT2D eigenvalue weighted by atomic mass is 16.5. The van der Waals surface area contributed by atoms with Gasteiger partial charge in [0, 0.05) is 25.7 Å². The van der Waals surface area contributed by atoms with Crippen molar-refractivity contribution in [2.45, 2.75) is 38.1 Å². The second-order valence-corrected chi connectivity index (χ2v) is 5.15. The van der Waals surface area contributed by atoms with Crippen molar-refractivity contribution in [1.82, 2.24) is 10.2 Å². The molecule has 2 saturated heterocycles. The number of hydrogen-bond donors (Lipinski definition) is 1. The van der Waals surface area contributed by atoms with Gasteiger partial charge in [-0.3, -0.25) is 4.79 Å². The number of rotatable bonds is 3. The zero-order chi connectivity index (χ0) is 12.1. The predicted octanol–water partition coefficient (Wildman–Crippen LogP) is 1.01. The summed E-state index contributed by atoms with van der Waals surface area (Å²) in [5, 5.41) is 3.20. The molecule has 1 N–H and O–H groups in total. The van der Waals surface area contributed by atoms with Gasteiger partial charge < -0.3 is 15.0 Å². The summed E-state index contributed by atoms with van der Waals surface area (Å²) in [6.45, 7) is 3.30. The van der Waals surface area contributed by atoms with E-state index in [1.807, 2.05) is 7.05 Å². The molecule has 0 saturated carbocycles. The van der Waals surface area contributed by atoms with Gasteiger partial charge in [-0.2, -0.15) is 0 Å². The van der Waals surface area contributed by atoms with Crippen molar-refractivity contribution >= 4 is 5.91 Å². The standard InChI is InChI=1S/C13H24N2O2/c1-14-9-12-6-2-3-7-15(12)13(16)11-5-4-8-17-10-11/h11-12,14H,2-10H2,1H3. The molecule has 2 aliphatic heterocycles. The summed E-state index contributed by atoms with van der Waals surface area (Å²) in [7, 11) is 1.96. The third-order valence-electron chi connectivity index (χ3n) is 3.86. The number of carbonyl (C=O) groups excluding carboxylic acids is 1. The summed E-state index contributed by atoms with van der Waals surface area (Å²) in [5.74, 6) is 0.436. The van der Waals surface area contributed by atoms with Gasteiger partial charge in [-0.15, -0.1) is 0 Å². The van der Waals surface area contributed by atoms with Gasteiger partial charge in [0.1, 0.15) is 0 Å². The molecule has 2 unspecified atom stereocenters. The van der Waals surface area contributed by atoms with Gasteiger partial charge >= 0.3 is 0 Å². The zero-order valence-electron chi connectivity index (χ0n) is 10.8. The second-order valence-electron chi connectivity index (χ2n) is 5.15. The molecule has 0 aliphatic carbocycles. The molecule has 0 radical (unpaired) electrons. The van der Waals surface area contributed by atoms with Crippen LogP contribution in [0.4, 0.5) is 0 Å². The molecule has 17 heavy (non-hydrogen) atoms. The highest BCUT2D eigenvalue weighted by Crippen LogP contribution is 2.22. The third-order valence-corrected chi connectivity index (χ3v) is 3.86. The van der Waals surface area contributed by atoms with Gasteiger partial charge in [0.2, 0.25) is 5.91 Å². The van der Waals surface area contributed by atoms with Gasteiger partial charge in [-0.25, -0.2) is 0 Å². The van der Waals surface area contributed by atoms with E-state index >= 15 is 0 Å². The fourth-order valence-electron chi connectivity index (χ4n) is 2.91. The maximum Gasteiger partial charge on any atom is 0.228 e. The Hall–Kier alpha value is -0.610. The van der Waals surface area contributed by atoms with Gasteiger partial charge in [-0.1, -0.05) is 0 Å². The van der Waals surface area contributed by atoms with Crippen molar-refractivity contribution in [1.29, 1.82) is 0 Å². The number of likely N-dealkylation sites (N-methyl/N-ethyl adjacent to an activating group) is 1. The zero-order valence-corrected chi connectivity index (χ0v) is 10.8. The van der Waals surface area contributed by atoms with Crippen LogP contribution in [0, 0.1) is 5.92 Å². The number of amides is 1. The number of nitrogens with zero attached hydrogens (tertiary/aromatic N) is 1. The molecule has 0 aromatic heterocycles. The molecule has 0 spiro atoms. The molecule has 98 valence electrons. The van der Waals surface area contributed by atoms with Crippen LogP contribution in [0.15, 0.2) is 0 Å². The molecule has 0 bridgehead atoms. The second kappa shape index (κ2) is 6.36. The van der Waals surface area contributed by atoms with Crippen LogP contribution in [-0.2, 0) is 9.53 Å². The van der Waals surface area contributed by atoms with Crippen molar-refractivity contribution in [3.63, 3.8) is 0 Å². The average Bonchev–Trinajstić information content (AvgIpc) is 2.40. The monoisotopic (exact) mass is 240 g/mol. The van der Waals surface area contributed by atoms with Crippen molar-refractivity contribution in [2.24, 2.45) is 5.92 Å². The van der Waals surface area contributed by atoms with E-state index in [0.29, 0.717) is 18.6 Å². The first-order valence-corrected chi connectivity index (χ1v) is 6.85. The number of piperidine rings is 1. The van der Waals surface area contributed by atoms with E-state index in [0.717, 1.165) is 45.4 Å². The minimum Gasteiger partial charge on any atom is -0.381 e. The van der Waals surface area contributed by atoms with Crippen molar-refractivity contribution < 1.29 is 9.53 Å². The fraction of sp³-hybridized carbons (Fsp3) is 0.923. The van der Waals surface area contributed by atoms with Crippen molar-refractivity contribution in [3.05, 3.63) is 0 Å². The van der Waals surface area contributed by atoms with Crippen LogP contribution in [0.5, 0.6) is 0 Å². The number of ether oxygens (including phenoxy) is 1. The predicted molar refractivity (Wildman–Crippen MR) is 66.8 cm³/mol. The van der Waals surface area contributed by atoms with E-state index in [9.17, 15) is 4.79 Å². The summed E-state index contributed by atoms with van der Waals surface area (Å²) < 4.78 is 5.43. The minimum absolute atomic E-state index is 0.112. The van der Waals surface area contributed by atoms with Crippen LogP contribution in [0.3, 0.4) is 0 Å². The molecule has 2 rings (SSSR count). The van der Waals surface area contributed by atoms with Crippen LogP contribution in [-0.4, -0.2) is 50.2 Å². The quantitative estimate of drug-likeness (QED) is 0.800. The fourth-order valence-corrected chi connectivity index (χ4v) is 2.91. The summed E-state index contributed by atoms with van der Waals surface area (Å²) in [5.41, 5.74) is 0. The van der Waals surface area contributed by atoms with E-state index in [2.05, 4.69) is 10.2 Å². The Labute approximate surface area is 104 Å². The Balaban J connectivity index is 1.94. The number of carbonyl (C=O) groups is 1. The summed E-state index contributed by atoms with van der Waals surface area (Å²) in [6, 6.07) is 0.392. The smallest absolute Gasteiger partial charge is 0.228 e. The van der Waals surface area contributed by atoms with E-state index in [-0.39, 0.29) is 5.92 Å². The normalized spacial score (nSPS) is 30.3. The Morgan fingerprint density at radius 1 is 1.35 bits per heavy atom. The molecular weight excluding hydrogens is 216 g/mol. The number of likely N-dealkylation sites (tertiary alicyclic amines) is 1. The lowest BCUT2D eigenvalue weighted by Crippen LogP contribution is -2.51. The summed E-state index contributed by atoms with van der Waals surface area (Å²) in [4.78, 5) is 14.6. The van der Waals surface area contributed by atoms with Crippen LogP contribution < -0.4 is 5.32 Å². The van der Waals surface area contributed by atoms with E-state index in [4.69, 9.17) is 4.74 Å². The first-order chi connectivity index (χ1) is 8.33. The molecule has 4 heteroatoms. The molecular formula is C13H24N2O2. The van der Waals surface area contributed by atoms with Gasteiger partial charge in [0.15, 0.2) is 0 Å². The van der Waals surface area contributed by atoms with Gasteiger partial charge in [-0.05, 0) is 39.2 Å². The van der Waals surface area contributed by atoms with Gasteiger partial charge in [0.05, 0.1) is 12.5 Å². The largest absolute Gasteiger partial charge is 0.381 e. The Morgan fingerprint density at radius 2 is 2.24 bits per heavy atom. The van der Waals surface area contributed by atoms with E-state index in [1.54, 1.807) is 0 Å². The molecule has 0 aromatic carbocycles. The molecule has 4 nitrogen and oxygen atoms in total. The summed E-state index contributed by atoms with van der Waals surface area (Å²) in [6.07, 6.45) is 5.57. The van der Waals surface area contributed by atoms with Crippen LogP contribution >= 0.6 is 0 Å². The maximum absolute atomic E-state index is 12.5. The van der Waals surface area contributed by atoms with E-state index < -0.39 is 0 Å². The molecule has 2 heterocycles. The maximum atomic E-state index is 12.5. The Bertz CT molecular complexity index is 250. The molecule has 1 amide bonds. The third kappa shape index (κ3) is 3.19. The minimum atomic E-state index is 0.112. The topological polar surface area (TPSA) is 41.6 Å². The SMILES string of the molecule is CNCC1CCCCN1C(=O)C1CCCOC1. The Morgan fingerprint density at radius 3 is 2.94 bits per heavy atom. The average molecular weight is 240 g/mol. The van der Waals surface area contributed by atoms with Crippen LogP contribution in [0.2, 0.25) is 0 Å². The highest BCUT2D eigenvalue weighted by Gasteiger charge is 2.32. The van der Waals surface area contributed by atoms with Crippen molar-refractivity contribution in [2.75, 3.05) is 33.4 Å². The lowest BCUT2D eigenvalue weighted by Gasteiger charge is -2.38. The molecule has 2 fully saturated rings. The lowest BCUT2D eigenvalue weighted by atomic mass is 9.96. The van der Waals surface area contributed by atoms with Crippen LogP contribution in [0.25, 0.3) is 0 Å². The van der Waals surface area contributed by atoms with Crippen molar-refractivity contribution in [3.8, 4) is 0 Å².